The Hall–Kier alpha value is -0.530. The molecule has 0 heterocycles. The Morgan fingerprint density at radius 1 is 1.33 bits per heavy atom. The normalized spacial score (nSPS) is 25.7. The van der Waals surface area contributed by atoms with Gasteiger partial charge in [0.25, 0.3) is 0 Å². The molecule has 1 N–H and O–H groups in total. The smallest absolute Gasteiger partial charge is 0.0450 e. The van der Waals surface area contributed by atoms with Gasteiger partial charge in [0, 0.05) is 17.6 Å². The lowest BCUT2D eigenvalue weighted by molar-refractivity contribution is 0.502. The van der Waals surface area contributed by atoms with Crippen LogP contribution in [0.3, 0.4) is 0 Å². The van der Waals surface area contributed by atoms with E-state index in [2.05, 4.69) is 18.3 Å². The first-order chi connectivity index (χ1) is 7.25. The Bertz CT molecular complexity index is 324. The summed E-state index contributed by atoms with van der Waals surface area (Å²) >= 11 is 6.10. The van der Waals surface area contributed by atoms with Gasteiger partial charge in [-0.3, -0.25) is 0 Å². The van der Waals surface area contributed by atoms with Gasteiger partial charge in [0.2, 0.25) is 0 Å². The van der Waals surface area contributed by atoms with E-state index in [0.717, 1.165) is 17.5 Å². The molecule has 0 radical (unpaired) electrons. The van der Waals surface area contributed by atoms with Gasteiger partial charge in [-0.05, 0) is 36.8 Å². The van der Waals surface area contributed by atoms with Crippen LogP contribution in [0.5, 0.6) is 0 Å². The van der Waals surface area contributed by atoms with Crippen molar-refractivity contribution in [1.29, 1.82) is 0 Å². The fraction of sp³-hybridized carbons (Fsp3) is 0.538. The van der Waals surface area contributed by atoms with Gasteiger partial charge in [0.05, 0.1) is 0 Å². The maximum absolute atomic E-state index is 6.10. The number of hydrogen-bond donors (Lipinski definition) is 1. The molecule has 1 fully saturated rings. The molecular weight excluding hydrogens is 206 g/mol. The first-order valence-electron chi connectivity index (χ1n) is 5.72. The molecule has 2 unspecified atom stereocenters. The quantitative estimate of drug-likeness (QED) is 0.826. The first kappa shape index (κ1) is 11.0. The lowest BCUT2D eigenvalue weighted by Crippen LogP contribution is -2.25. The predicted octanol–water partition coefficient (Wildman–Crippen LogP) is 3.62. The molecule has 1 aliphatic rings. The molecule has 0 bridgehead atoms. The van der Waals surface area contributed by atoms with E-state index in [9.17, 15) is 0 Å². The van der Waals surface area contributed by atoms with Crippen molar-refractivity contribution in [1.82, 2.24) is 5.32 Å². The fourth-order valence-corrected chi connectivity index (χ4v) is 2.49. The molecule has 1 aromatic rings. The number of hydrogen-bond acceptors (Lipinski definition) is 1. The standard InChI is InChI=1S/C13H18ClN/c1-10-6-7-12(8-10)15-9-11-4-2-3-5-13(11)14/h2-5,10,12,15H,6-9H2,1H3. The number of halogens is 1. The van der Waals surface area contributed by atoms with Crippen molar-refractivity contribution in [3.8, 4) is 0 Å². The van der Waals surface area contributed by atoms with Crippen LogP contribution in [0.25, 0.3) is 0 Å². The second-order valence-electron chi connectivity index (χ2n) is 4.59. The minimum Gasteiger partial charge on any atom is -0.310 e. The maximum atomic E-state index is 6.10. The van der Waals surface area contributed by atoms with E-state index >= 15 is 0 Å². The van der Waals surface area contributed by atoms with Gasteiger partial charge in [-0.1, -0.05) is 36.7 Å². The summed E-state index contributed by atoms with van der Waals surface area (Å²) in [4.78, 5) is 0. The van der Waals surface area contributed by atoms with Gasteiger partial charge in [-0.2, -0.15) is 0 Å². The summed E-state index contributed by atoms with van der Waals surface area (Å²) in [5.41, 5.74) is 1.21. The molecule has 1 aliphatic carbocycles. The molecule has 0 aromatic heterocycles. The molecule has 1 aromatic carbocycles. The zero-order chi connectivity index (χ0) is 10.7. The van der Waals surface area contributed by atoms with Crippen molar-refractivity contribution < 1.29 is 0 Å². The summed E-state index contributed by atoms with van der Waals surface area (Å²) in [6, 6.07) is 8.75. The first-order valence-corrected chi connectivity index (χ1v) is 6.10. The Kier molecular flexibility index (Phi) is 3.66. The molecule has 15 heavy (non-hydrogen) atoms. The van der Waals surface area contributed by atoms with E-state index in [-0.39, 0.29) is 0 Å². The van der Waals surface area contributed by atoms with Gasteiger partial charge in [0.15, 0.2) is 0 Å². The Morgan fingerprint density at radius 3 is 2.80 bits per heavy atom. The lowest BCUT2D eigenvalue weighted by Gasteiger charge is -2.12. The highest BCUT2D eigenvalue weighted by Crippen LogP contribution is 2.25. The van der Waals surface area contributed by atoms with Crippen LogP contribution in [0.15, 0.2) is 24.3 Å². The van der Waals surface area contributed by atoms with E-state index < -0.39 is 0 Å². The predicted molar refractivity (Wildman–Crippen MR) is 65.1 cm³/mol. The number of rotatable bonds is 3. The van der Waals surface area contributed by atoms with Gasteiger partial charge < -0.3 is 5.32 Å². The van der Waals surface area contributed by atoms with Crippen molar-refractivity contribution >= 4 is 11.6 Å². The largest absolute Gasteiger partial charge is 0.310 e. The summed E-state index contributed by atoms with van der Waals surface area (Å²) < 4.78 is 0. The molecule has 1 nitrogen and oxygen atoms in total. The molecule has 0 aliphatic heterocycles. The zero-order valence-electron chi connectivity index (χ0n) is 9.17. The van der Waals surface area contributed by atoms with Crippen LogP contribution in [-0.2, 0) is 6.54 Å². The second-order valence-corrected chi connectivity index (χ2v) is 4.99. The summed E-state index contributed by atoms with van der Waals surface area (Å²) in [6.45, 7) is 3.23. The Morgan fingerprint density at radius 2 is 2.13 bits per heavy atom. The summed E-state index contributed by atoms with van der Waals surface area (Å²) in [7, 11) is 0. The lowest BCUT2D eigenvalue weighted by atomic mass is 10.1. The van der Waals surface area contributed by atoms with E-state index in [1.54, 1.807) is 0 Å². The van der Waals surface area contributed by atoms with Gasteiger partial charge >= 0.3 is 0 Å². The van der Waals surface area contributed by atoms with E-state index in [1.807, 2.05) is 18.2 Å². The topological polar surface area (TPSA) is 12.0 Å². The van der Waals surface area contributed by atoms with Gasteiger partial charge in [-0.25, -0.2) is 0 Å². The van der Waals surface area contributed by atoms with Crippen LogP contribution < -0.4 is 5.32 Å². The molecule has 2 rings (SSSR count). The van der Waals surface area contributed by atoms with Crippen LogP contribution in [0.2, 0.25) is 5.02 Å². The summed E-state index contributed by atoms with van der Waals surface area (Å²) in [6.07, 6.45) is 3.98. The van der Waals surface area contributed by atoms with Crippen molar-refractivity contribution in [3.05, 3.63) is 34.9 Å². The zero-order valence-corrected chi connectivity index (χ0v) is 9.93. The summed E-state index contributed by atoms with van der Waals surface area (Å²) in [5.74, 6) is 0.883. The second kappa shape index (κ2) is 5.00. The summed E-state index contributed by atoms with van der Waals surface area (Å²) in [5, 5.41) is 4.46. The highest BCUT2D eigenvalue weighted by Gasteiger charge is 2.20. The van der Waals surface area contributed by atoms with E-state index in [0.29, 0.717) is 6.04 Å². The molecule has 0 spiro atoms. The fourth-order valence-electron chi connectivity index (χ4n) is 2.29. The minimum absolute atomic E-state index is 0.691. The minimum atomic E-state index is 0.691. The molecule has 2 atom stereocenters. The molecule has 0 saturated heterocycles. The third-order valence-corrected chi connectivity index (χ3v) is 3.60. The van der Waals surface area contributed by atoms with Gasteiger partial charge in [-0.15, -0.1) is 0 Å². The van der Waals surface area contributed by atoms with E-state index in [1.165, 1.54) is 24.8 Å². The molecule has 2 heteroatoms. The number of benzene rings is 1. The van der Waals surface area contributed by atoms with Crippen LogP contribution in [0.4, 0.5) is 0 Å². The Labute approximate surface area is 96.8 Å². The van der Waals surface area contributed by atoms with Crippen molar-refractivity contribution in [2.24, 2.45) is 5.92 Å². The SMILES string of the molecule is CC1CCC(NCc2ccccc2Cl)C1. The van der Waals surface area contributed by atoms with E-state index in [4.69, 9.17) is 11.6 Å². The van der Waals surface area contributed by atoms with Crippen LogP contribution in [0.1, 0.15) is 31.7 Å². The van der Waals surface area contributed by atoms with Crippen molar-refractivity contribution in [3.63, 3.8) is 0 Å². The average Bonchev–Trinajstić information content (AvgIpc) is 2.63. The molecule has 0 amide bonds. The van der Waals surface area contributed by atoms with Crippen LogP contribution >= 0.6 is 11.6 Å². The average molecular weight is 224 g/mol. The third-order valence-electron chi connectivity index (χ3n) is 3.23. The van der Waals surface area contributed by atoms with Crippen molar-refractivity contribution in [2.45, 2.75) is 38.8 Å². The maximum Gasteiger partial charge on any atom is 0.0450 e. The van der Waals surface area contributed by atoms with Gasteiger partial charge in [0.1, 0.15) is 0 Å². The molecule has 1 saturated carbocycles. The third kappa shape index (κ3) is 2.96. The van der Waals surface area contributed by atoms with Crippen LogP contribution in [0, 0.1) is 5.92 Å². The molecular formula is C13H18ClN. The Balaban J connectivity index is 1.86. The highest BCUT2D eigenvalue weighted by molar-refractivity contribution is 6.31. The highest BCUT2D eigenvalue weighted by atomic mass is 35.5. The van der Waals surface area contributed by atoms with Crippen LogP contribution in [-0.4, -0.2) is 6.04 Å². The monoisotopic (exact) mass is 223 g/mol. The van der Waals surface area contributed by atoms with Crippen molar-refractivity contribution in [2.75, 3.05) is 0 Å². The number of nitrogens with one attached hydrogen (secondary N) is 1. The molecule has 82 valence electrons.